The molecule has 0 saturated heterocycles. The number of aromatic nitrogens is 2. The summed E-state index contributed by atoms with van der Waals surface area (Å²) in [6, 6.07) is 7.16. The predicted octanol–water partition coefficient (Wildman–Crippen LogP) is 3.68. The monoisotopic (exact) mass is 325 g/mol. The van der Waals surface area contributed by atoms with Crippen molar-refractivity contribution in [2.24, 2.45) is 0 Å². The standard InChI is InChI=1S/C12H12BrN3OS/c1-7(2)11-15-16-12(18-11)14-10(17)8-3-5-9(13)6-4-8/h3-7H,1-2H3,(H,14,16,17). The molecule has 0 bridgehead atoms. The van der Waals surface area contributed by atoms with E-state index in [9.17, 15) is 4.79 Å². The van der Waals surface area contributed by atoms with Gasteiger partial charge in [-0.05, 0) is 24.3 Å². The van der Waals surface area contributed by atoms with Crippen LogP contribution in [-0.4, -0.2) is 16.1 Å². The van der Waals surface area contributed by atoms with Gasteiger partial charge >= 0.3 is 0 Å². The number of amides is 1. The first kappa shape index (κ1) is 13.2. The van der Waals surface area contributed by atoms with Crippen LogP contribution in [-0.2, 0) is 0 Å². The number of anilines is 1. The lowest BCUT2D eigenvalue weighted by Crippen LogP contribution is -2.11. The van der Waals surface area contributed by atoms with E-state index in [0.29, 0.717) is 16.6 Å². The van der Waals surface area contributed by atoms with Crippen molar-refractivity contribution >= 4 is 38.3 Å². The van der Waals surface area contributed by atoms with E-state index < -0.39 is 0 Å². The molecule has 1 amide bonds. The van der Waals surface area contributed by atoms with Crippen molar-refractivity contribution in [3.8, 4) is 0 Å². The number of halogens is 1. The van der Waals surface area contributed by atoms with Gasteiger partial charge in [0.25, 0.3) is 5.91 Å². The molecule has 1 aromatic carbocycles. The summed E-state index contributed by atoms with van der Waals surface area (Å²) in [6.07, 6.45) is 0. The molecule has 0 aliphatic carbocycles. The Bertz CT molecular complexity index is 551. The minimum absolute atomic E-state index is 0.172. The van der Waals surface area contributed by atoms with Crippen molar-refractivity contribution < 1.29 is 4.79 Å². The maximum Gasteiger partial charge on any atom is 0.257 e. The molecule has 0 saturated carbocycles. The summed E-state index contributed by atoms with van der Waals surface area (Å²) in [5.74, 6) is 0.148. The Morgan fingerprint density at radius 3 is 2.50 bits per heavy atom. The van der Waals surface area contributed by atoms with E-state index in [-0.39, 0.29) is 5.91 Å². The highest BCUT2D eigenvalue weighted by molar-refractivity contribution is 9.10. The SMILES string of the molecule is CC(C)c1nnc(NC(=O)c2ccc(Br)cc2)s1. The Hall–Kier alpha value is -1.27. The second-order valence-electron chi connectivity index (χ2n) is 4.06. The quantitative estimate of drug-likeness (QED) is 0.936. The van der Waals surface area contributed by atoms with Gasteiger partial charge in [-0.1, -0.05) is 41.1 Å². The number of nitrogens with zero attached hydrogens (tertiary/aromatic N) is 2. The van der Waals surface area contributed by atoms with Gasteiger partial charge in [-0.2, -0.15) is 0 Å². The molecule has 0 radical (unpaired) electrons. The van der Waals surface area contributed by atoms with E-state index >= 15 is 0 Å². The number of benzene rings is 1. The van der Waals surface area contributed by atoms with Gasteiger partial charge in [-0.25, -0.2) is 0 Å². The van der Waals surface area contributed by atoms with Crippen LogP contribution in [0.3, 0.4) is 0 Å². The zero-order valence-corrected chi connectivity index (χ0v) is 12.4. The van der Waals surface area contributed by atoms with Gasteiger partial charge in [-0.15, -0.1) is 10.2 Å². The first-order valence-corrected chi connectivity index (χ1v) is 7.07. The van der Waals surface area contributed by atoms with Crippen LogP contribution in [0.1, 0.15) is 35.1 Å². The third kappa shape index (κ3) is 3.14. The number of carbonyl (C=O) groups excluding carboxylic acids is 1. The van der Waals surface area contributed by atoms with Crippen molar-refractivity contribution in [3.63, 3.8) is 0 Å². The van der Waals surface area contributed by atoms with Crippen LogP contribution in [0, 0.1) is 0 Å². The molecule has 4 nitrogen and oxygen atoms in total. The molecular weight excluding hydrogens is 314 g/mol. The Morgan fingerprint density at radius 2 is 1.94 bits per heavy atom. The zero-order valence-electron chi connectivity index (χ0n) is 9.98. The van der Waals surface area contributed by atoms with E-state index in [1.807, 2.05) is 26.0 Å². The highest BCUT2D eigenvalue weighted by Gasteiger charge is 2.11. The van der Waals surface area contributed by atoms with Crippen molar-refractivity contribution in [2.75, 3.05) is 5.32 Å². The molecule has 94 valence electrons. The molecular formula is C12H12BrN3OS. The van der Waals surface area contributed by atoms with Crippen LogP contribution < -0.4 is 5.32 Å². The van der Waals surface area contributed by atoms with Crippen LogP contribution in [0.15, 0.2) is 28.7 Å². The minimum Gasteiger partial charge on any atom is -0.296 e. The normalized spacial score (nSPS) is 10.7. The maximum absolute atomic E-state index is 11.9. The molecule has 1 aromatic heterocycles. The van der Waals surface area contributed by atoms with Crippen LogP contribution in [0.4, 0.5) is 5.13 Å². The third-order valence-corrected chi connectivity index (χ3v) is 3.93. The Morgan fingerprint density at radius 1 is 1.28 bits per heavy atom. The average Bonchev–Trinajstić information content (AvgIpc) is 2.78. The number of carbonyl (C=O) groups is 1. The van der Waals surface area contributed by atoms with Gasteiger partial charge in [0.15, 0.2) is 0 Å². The molecule has 2 aromatic rings. The summed E-state index contributed by atoms with van der Waals surface area (Å²) < 4.78 is 0.942. The van der Waals surface area contributed by atoms with Crippen LogP contribution in [0.2, 0.25) is 0 Å². The van der Waals surface area contributed by atoms with Gasteiger partial charge in [0.1, 0.15) is 5.01 Å². The maximum atomic E-state index is 11.9. The molecule has 0 atom stereocenters. The largest absolute Gasteiger partial charge is 0.296 e. The molecule has 1 heterocycles. The van der Waals surface area contributed by atoms with Crippen molar-refractivity contribution in [3.05, 3.63) is 39.3 Å². The molecule has 0 unspecified atom stereocenters. The van der Waals surface area contributed by atoms with Crippen LogP contribution in [0.5, 0.6) is 0 Å². The van der Waals surface area contributed by atoms with Gasteiger partial charge in [0.05, 0.1) is 0 Å². The Balaban J connectivity index is 2.08. The van der Waals surface area contributed by atoms with Gasteiger partial charge in [0, 0.05) is 16.0 Å². The molecule has 0 aliphatic heterocycles. The summed E-state index contributed by atoms with van der Waals surface area (Å²) in [6.45, 7) is 4.08. The van der Waals surface area contributed by atoms with Gasteiger partial charge < -0.3 is 0 Å². The topological polar surface area (TPSA) is 54.9 Å². The fourth-order valence-corrected chi connectivity index (χ4v) is 2.29. The highest BCUT2D eigenvalue weighted by Crippen LogP contribution is 2.22. The molecule has 0 fully saturated rings. The molecule has 0 aliphatic rings. The zero-order chi connectivity index (χ0) is 13.1. The first-order chi connectivity index (χ1) is 8.56. The summed E-state index contributed by atoms with van der Waals surface area (Å²) in [4.78, 5) is 11.9. The lowest BCUT2D eigenvalue weighted by Gasteiger charge is -2.01. The number of hydrogen-bond acceptors (Lipinski definition) is 4. The Kier molecular flexibility index (Phi) is 4.08. The third-order valence-electron chi connectivity index (χ3n) is 2.26. The van der Waals surface area contributed by atoms with E-state index in [2.05, 4.69) is 31.4 Å². The number of rotatable bonds is 3. The molecule has 1 N–H and O–H groups in total. The second-order valence-corrected chi connectivity index (χ2v) is 5.99. The number of nitrogens with one attached hydrogen (secondary N) is 1. The van der Waals surface area contributed by atoms with Crippen LogP contribution in [0.25, 0.3) is 0 Å². The van der Waals surface area contributed by atoms with E-state index in [1.54, 1.807) is 12.1 Å². The summed E-state index contributed by atoms with van der Waals surface area (Å²) in [5, 5.41) is 12.2. The lowest BCUT2D eigenvalue weighted by atomic mass is 10.2. The van der Waals surface area contributed by atoms with Crippen molar-refractivity contribution in [1.29, 1.82) is 0 Å². The predicted molar refractivity (Wildman–Crippen MR) is 76.1 cm³/mol. The van der Waals surface area contributed by atoms with Gasteiger partial charge in [-0.3, -0.25) is 10.1 Å². The van der Waals surface area contributed by atoms with Crippen LogP contribution >= 0.6 is 27.3 Å². The lowest BCUT2D eigenvalue weighted by molar-refractivity contribution is 0.102. The molecule has 2 rings (SSSR count). The summed E-state index contributed by atoms with van der Waals surface area (Å²) in [5.41, 5.74) is 0.597. The minimum atomic E-state index is -0.172. The molecule has 18 heavy (non-hydrogen) atoms. The van der Waals surface area contributed by atoms with E-state index in [0.717, 1.165) is 9.48 Å². The van der Waals surface area contributed by atoms with E-state index in [4.69, 9.17) is 0 Å². The number of hydrogen-bond donors (Lipinski definition) is 1. The van der Waals surface area contributed by atoms with Crippen molar-refractivity contribution in [1.82, 2.24) is 10.2 Å². The summed E-state index contributed by atoms with van der Waals surface area (Å²) in [7, 11) is 0. The van der Waals surface area contributed by atoms with E-state index in [1.165, 1.54) is 11.3 Å². The summed E-state index contributed by atoms with van der Waals surface area (Å²) >= 11 is 4.73. The second kappa shape index (κ2) is 5.58. The highest BCUT2D eigenvalue weighted by atomic mass is 79.9. The average molecular weight is 326 g/mol. The molecule has 6 heteroatoms. The van der Waals surface area contributed by atoms with Crippen molar-refractivity contribution in [2.45, 2.75) is 19.8 Å². The fraction of sp³-hybridized carbons (Fsp3) is 0.250. The molecule has 0 spiro atoms. The smallest absolute Gasteiger partial charge is 0.257 e. The Labute approximate surface area is 118 Å². The first-order valence-electron chi connectivity index (χ1n) is 5.46. The fourth-order valence-electron chi connectivity index (χ4n) is 1.29. The van der Waals surface area contributed by atoms with Gasteiger partial charge in [0.2, 0.25) is 5.13 Å².